The third-order valence-electron chi connectivity index (χ3n) is 5.69. The van der Waals surface area contributed by atoms with E-state index in [1.54, 1.807) is 42.5 Å². The van der Waals surface area contributed by atoms with E-state index in [2.05, 4.69) is 5.32 Å². The van der Waals surface area contributed by atoms with Crippen molar-refractivity contribution in [3.05, 3.63) is 77.1 Å². The molecule has 3 aliphatic heterocycles. The molecule has 2 aromatic carbocycles. The van der Waals surface area contributed by atoms with Crippen molar-refractivity contribution >= 4 is 34.9 Å². The molecule has 2 fully saturated rings. The first-order valence-corrected chi connectivity index (χ1v) is 10.1. The minimum atomic E-state index is -0.574. The first-order valence-electron chi connectivity index (χ1n) is 9.77. The van der Waals surface area contributed by atoms with Gasteiger partial charge in [-0.2, -0.15) is 0 Å². The maximum absolute atomic E-state index is 12.7. The van der Waals surface area contributed by atoms with Crippen LogP contribution in [0, 0.1) is 17.7 Å². The number of amides is 2. The second-order valence-electron chi connectivity index (χ2n) is 7.42. The van der Waals surface area contributed by atoms with Gasteiger partial charge in [-0.3, -0.25) is 19.7 Å². The van der Waals surface area contributed by atoms with Crippen LogP contribution in [-0.2, 0) is 20.8 Å². The van der Waals surface area contributed by atoms with Gasteiger partial charge in [-0.25, -0.2) is 9.29 Å². The maximum Gasteiger partial charge on any atom is 0.239 e. The van der Waals surface area contributed by atoms with Crippen molar-refractivity contribution in [2.45, 2.75) is 25.4 Å². The van der Waals surface area contributed by atoms with Gasteiger partial charge in [0.05, 0.1) is 23.6 Å². The van der Waals surface area contributed by atoms with E-state index in [0.29, 0.717) is 22.7 Å². The molecular weight excluding hydrogens is 407 g/mol. The lowest BCUT2D eigenvalue weighted by Gasteiger charge is -2.22. The van der Waals surface area contributed by atoms with Crippen molar-refractivity contribution in [2.24, 2.45) is 11.8 Å². The Labute approximate surface area is 178 Å². The van der Waals surface area contributed by atoms with Gasteiger partial charge >= 0.3 is 0 Å². The lowest BCUT2D eigenvalue weighted by atomic mass is 9.90. The van der Waals surface area contributed by atoms with E-state index in [1.807, 2.05) is 13.0 Å². The number of benzene rings is 2. The van der Waals surface area contributed by atoms with Crippen molar-refractivity contribution in [1.82, 2.24) is 5.32 Å². The van der Waals surface area contributed by atoms with Crippen LogP contribution < -0.4 is 10.2 Å². The third kappa shape index (κ3) is 3.46. The van der Waals surface area contributed by atoms with E-state index in [0.717, 1.165) is 0 Å². The Kier molecular flexibility index (Phi) is 5.54. The Morgan fingerprint density at radius 1 is 1.03 bits per heavy atom. The smallest absolute Gasteiger partial charge is 0.239 e. The second-order valence-corrected chi connectivity index (χ2v) is 7.86. The molecular formula is C23H20ClFN2O3. The molecule has 0 radical (unpaired) electrons. The summed E-state index contributed by atoms with van der Waals surface area (Å²) in [6.07, 6.45) is 3.87. The monoisotopic (exact) mass is 426 g/mol. The van der Waals surface area contributed by atoms with E-state index >= 15 is 0 Å². The topological polar surface area (TPSA) is 66.5 Å². The molecule has 0 spiro atoms. The summed E-state index contributed by atoms with van der Waals surface area (Å²) in [5.41, 5.74) is 1.25. The van der Waals surface area contributed by atoms with Gasteiger partial charge in [0.1, 0.15) is 5.82 Å². The van der Waals surface area contributed by atoms with Crippen LogP contribution >= 0.6 is 11.6 Å². The number of ketones is 1. The molecule has 2 aromatic rings. The van der Waals surface area contributed by atoms with Gasteiger partial charge in [0.15, 0.2) is 5.78 Å². The number of carbonyl (C=O) groups is 3. The van der Waals surface area contributed by atoms with Crippen LogP contribution in [0.15, 0.2) is 60.7 Å². The summed E-state index contributed by atoms with van der Waals surface area (Å²) in [6, 6.07) is 12.7. The Balaban J connectivity index is 0.000000185. The maximum atomic E-state index is 12.7. The Bertz CT molecular complexity index is 1040. The normalized spacial score (nSPS) is 26.5. The van der Waals surface area contributed by atoms with E-state index in [-0.39, 0.29) is 29.5 Å². The number of hydrogen-bond acceptors (Lipinski definition) is 4. The van der Waals surface area contributed by atoms with Gasteiger partial charge in [0, 0.05) is 11.1 Å². The zero-order valence-electron chi connectivity index (χ0n) is 16.2. The highest BCUT2D eigenvalue weighted by Gasteiger charge is 2.60. The van der Waals surface area contributed by atoms with Gasteiger partial charge in [-0.15, -0.1) is 0 Å². The van der Waals surface area contributed by atoms with Crippen molar-refractivity contribution < 1.29 is 18.8 Å². The molecule has 0 aliphatic carbocycles. The fraction of sp³-hybridized carbons (Fsp3) is 0.261. The Morgan fingerprint density at radius 3 is 2.40 bits per heavy atom. The number of nitrogens with zero attached hydrogens (tertiary/aromatic N) is 1. The highest BCUT2D eigenvalue weighted by molar-refractivity contribution is 6.30. The summed E-state index contributed by atoms with van der Waals surface area (Å²) in [5, 5.41) is 3.67. The minimum Gasteiger partial charge on any atom is -0.299 e. The molecule has 4 atom stereocenters. The molecule has 30 heavy (non-hydrogen) atoms. The van der Waals surface area contributed by atoms with E-state index in [4.69, 9.17) is 11.6 Å². The summed E-state index contributed by atoms with van der Waals surface area (Å²) in [4.78, 5) is 38.2. The molecule has 3 heterocycles. The molecule has 5 nitrogen and oxygen atoms in total. The number of hydrogen-bond donors (Lipinski definition) is 1. The van der Waals surface area contributed by atoms with Crippen LogP contribution in [0.2, 0.25) is 5.02 Å². The highest BCUT2D eigenvalue weighted by Crippen LogP contribution is 2.41. The van der Waals surface area contributed by atoms with Crippen LogP contribution in [0.5, 0.6) is 0 Å². The molecule has 7 heteroatoms. The number of rotatable bonds is 2. The van der Waals surface area contributed by atoms with Crippen molar-refractivity contribution in [3.63, 3.8) is 0 Å². The van der Waals surface area contributed by atoms with E-state index in [1.165, 1.54) is 17.0 Å². The average Bonchev–Trinajstić information content (AvgIpc) is 3.21. The Morgan fingerprint density at radius 2 is 1.73 bits per heavy atom. The summed E-state index contributed by atoms with van der Waals surface area (Å²) in [5.74, 6) is -1.82. The van der Waals surface area contributed by atoms with Crippen molar-refractivity contribution in [3.8, 4) is 0 Å². The molecule has 0 unspecified atom stereocenters. The highest BCUT2D eigenvalue weighted by atomic mass is 35.5. The number of aryl methyl sites for hydroxylation is 1. The van der Waals surface area contributed by atoms with Crippen LogP contribution in [0.1, 0.15) is 12.5 Å². The summed E-state index contributed by atoms with van der Waals surface area (Å²) in [7, 11) is 0. The summed E-state index contributed by atoms with van der Waals surface area (Å²) in [6.45, 7) is 1.90. The quantitative estimate of drug-likeness (QED) is 0.748. The molecule has 0 aromatic heterocycles. The van der Waals surface area contributed by atoms with Crippen LogP contribution in [0.4, 0.5) is 10.1 Å². The molecule has 2 saturated heterocycles. The predicted octanol–water partition coefficient (Wildman–Crippen LogP) is 3.31. The van der Waals surface area contributed by atoms with E-state index in [9.17, 15) is 18.8 Å². The molecule has 3 aliphatic rings. The molecule has 2 bridgehead atoms. The first kappa shape index (κ1) is 20.4. The second kappa shape index (κ2) is 8.13. The van der Waals surface area contributed by atoms with Crippen LogP contribution in [-0.4, -0.2) is 29.7 Å². The van der Waals surface area contributed by atoms with E-state index < -0.39 is 17.9 Å². The largest absolute Gasteiger partial charge is 0.299 e. The van der Waals surface area contributed by atoms with Gasteiger partial charge < -0.3 is 0 Å². The standard InChI is InChI=1S/C15H12N2O3.C8H8ClF/c18-10-7-6-9-11-12(13(10)16-9)15(20)17(14(11)19)8-4-2-1-3-5-8;1-2-6-5-7(9)3-4-8(6)10/h1-7,9,11-13,16H;3-5H,2H2,1H3/t9-,11-,12-,13+;/m0./s1. The minimum absolute atomic E-state index is 0.121. The molecule has 1 N–H and O–H groups in total. The van der Waals surface area contributed by atoms with Crippen molar-refractivity contribution in [2.75, 3.05) is 4.90 Å². The average molecular weight is 427 g/mol. The number of nitrogens with one attached hydrogen (secondary N) is 1. The zero-order valence-corrected chi connectivity index (χ0v) is 17.0. The number of para-hydroxylation sites is 1. The number of fused-ring (bicyclic) bond motifs is 5. The Hall–Kier alpha value is -2.83. The lowest BCUT2D eigenvalue weighted by molar-refractivity contribution is -0.126. The number of halogens is 2. The van der Waals surface area contributed by atoms with Crippen LogP contribution in [0.3, 0.4) is 0 Å². The van der Waals surface area contributed by atoms with Gasteiger partial charge in [-0.1, -0.05) is 42.8 Å². The molecule has 2 amide bonds. The number of imide groups is 1. The molecule has 0 saturated carbocycles. The van der Waals surface area contributed by atoms with Gasteiger partial charge in [0.2, 0.25) is 11.8 Å². The van der Waals surface area contributed by atoms with Gasteiger partial charge in [-0.05, 0) is 48.4 Å². The van der Waals surface area contributed by atoms with Crippen molar-refractivity contribution in [1.29, 1.82) is 0 Å². The van der Waals surface area contributed by atoms with Gasteiger partial charge in [0.25, 0.3) is 0 Å². The lowest BCUT2D eigenvalue weighted by Crippen LogP contribution is -2.46. The zero-order chi connectivity index (χ0) is 21.4. The van der Waals surface area contributed by atoms with Crippen LogP contribution in [0.25, 0.3) is 0 Å². The first-order chi connectivity index (χ1) is 14.4. The number of carbonyl (C=O) groups excluding carboxylic acids is 3. The number of anilines is 1. The predicted molar refractivity (Wildman–Crippen MR) is 112 cm³/mol. The SMILES string of the molecule is CCc1cc(Cl)ccc1F.O=C1C=C[C@@H]2N[C@H]1[C@H]1C(=O)N(c3ccccc3)C(=O)[C@H]12. The fourth-order valence-corrected chi connectivity index (χ4v) is 4.43. The fourth-order valence-electron chi connectivity index (χ4n) is 4.24. The third-order valence-corrected chi connectivity index (χ3v) is 5.93. The molecule has 154 valence electrons. The molecule has 5 rings (SSSR count). The summed E-state index contributed by atoms with van der Waals surface area (Å²) >= 11 is 5.63. The summed E-state index contributed by atoms with van der Waals surface area (Å²) < 4.78 is 12.7.